The van der Waals surface area contributed by atoms with Crippen LogP contribution in [0.4, 0.5) is 5.13 Å². The lowest BCUT2D eigenvalue weighted by molar-refractivity contribution is -0.114. The number of thiazole rings is 1. The van der Waals surface area contributed by atoms with E-state index in [9.17, 15) is 4.79 Å². The number of carbonyl (C=O) groups is 1. The highest BCUT2D eigenvalue weighted by Gasteiger charge is 2.05. The average Bonchev–Trinajstić information content (AvgIpc) is 2.94. The molecule has 0 aliphatic heterocycles. The second kappa shape index (κ2) is 5.79. The highest BCUT2D eigenvalue weighted by atomic mass is 32.1. The minimum absolute atomic E-state index is 0.126. The van der Waals surface area contributed by atoms with Crippen LogP contribution >= 0.6 is 11.3 Å². The lowest BCUT2D eigenvalue weighted by Gasteiger charge is -1.95. The third-order valence-corrected chi connectivity index (χ3v) is 3.19. The monoisotopic (exact) mass is 277 g/mol. The zero-order valence-electron chi connectivity index (χ0n) is 11.0. The maximum atomic E-state index is 10.9. The predicted molar refractivity (Wildman–Crippen MR) is 75.9 cm³/mol. The number of oxazole rings is 1. The van der Waals surface area contributed by atoms with Crippen LogP contribution in [0.1, 0.15) is 43.2 Å². The molecule has 100 valence electrons. The summed E-state index contributed by atoms with van der Waals surface area (Å²) in [7, 11) is 0. The fourth-order valence-corrected chi connectivity index (χ4v) is 2.14. The Kier molecular flexibility index (Phi) is 4.11. The summed E-state index contributed by atoms with van der Waals surface area (Å²) in [4.78, 5) is 20.1. The van der Waals surface area contributed by atoms with Crippen LogP contribution in [-0.2, 0) is 4.79 Å². The molecule has 0 aromatic carbocycles. The first-order valence-corrected chi connectivity index (χ1v) is 6.73. The van der Waals surface area contributed by atoms with Gasteiger partial charge in [0.25, 0.3) is 0 Å². The zero-order valence-corrected chi connectivity index (χ0v) is 11.8. The minimum atomic E-state index is -0.126. The first-order chi connectivity index (χ1) is 9.04. The van der Waals surface area contributed by atoms with E-state index in [4.69, 9.17) is 4.42 Å². The van der Waals surface area contributed by atoms with Crippen molar-refractivity contribution >= 4 is 34.5 Å². The van der Waals surface area contributed by atoms with E-state index in [0.29, 0.717) is 16.9 Å². The van der Waals surface area contributed by atoms with Crippen molar-refractivity contribution in [1.82, 2.24) is 9.97 Å². The number of anilines is 1. The molecule has 0 spiro atoms. The molecule has 0 fully saturated rings. The van der Waals surface area contributed by atoms with Crippen LogP contribution in [0.15, 0.2) is 16.8 Å². The van der Waals surface area contributed by atoms with Gasteiger partial charge < -0.3 is 9.73 Å². The van der Waals surface area contributed by atoms with Crippen molar-refractivity contribution in [2.75, 3.05) is 5.32 Å². The first-order valence-electron chi connectivity index (χ1n) is 5.92. The van der Waals surface area contributed by atoms with Crippen molar-refractivity contribution < 1.29 is 9.21 Å². The highest BCUT2D eigenvalue weighted by Crippen LogP contribution is 2.21. The quantitative estimate of drug-likeness (QED) is 0.930. The average molecular weight is 277 g/mol. The number of nitrogens with one attached hydrogen (secondary N) is 1. The molecule has 0 saturated carbocycles. The van der Waals surface area contributed by atoms with Crippen LogP contribution in [0.25, 0.3) is 12.2 Å². The van der Waals surface area contributed by atoms with Crippen LogP contribution in [-0.4, -0.2) is 15.9 Å². The van der Waals surface area contributed by atoms with Gasteiger partial charge in [0.05, 0.1) is 6.20 Å². The fraction of sp³-hybridized carbons (Fsp3) is 0.308. The van der Waals surface area contributed by atoms with Gasteiger partial charge in [-0.2, -0.15) is 0 Å². The summed E-state index contributed by atoms with van der Waals surface area (Å²) in [5.74, 6) is 1.63. The maximum Gasteiger partial charge on any atom is 0.223 e. The van der Waals surface area contributed by atoms with Crippen molar-refractivity contribution in [3.8, 4) is 0 Å². The number of aromatic nitrogens is 2. The molecule has 0 bridgehead atoms. The van der Waals surface area contributed by atoms with Gasteiger partial charge in [-0.3, -0.25) is 4.79 Å². The third kappa shape index (κ3) is 3.75. The summed E-state index contributed by atoms with van der Waals surface area (Å²) in [6, 6.07) is 0. The molecule has 19 heavy (non-hydrogen) atoms. The summed E-state index contributed by atoms with van der Waals surface area (Å²) in [5, 5.41) is 3.22. The molecule has 1 amide bonds. The second-order valence-electron chi connectivity index (χ2n) is 4.34. The largest absolute Gasteiger partial charge is 0.442 e. The van der Waals surface area contributed by atoms with Crippen LogP contribution in [0.3, 0.4) is 0 Å². The topological polar surface area (TPSA) is 68.0 Å². The molecule has 2 rings (SSSR count). The molecule has 1 N–H and O–H groups in total. The molecule has 0 aliphatic rings. The van der Waals surface area contributed by atoms with Crippen LogP contribution in [0, 0.1) is 0 Å². The smallest absolute Gasteiger partial charge is 0.223 e. The Morgan fingerprint density at radius 3 is 2.79 bits per heavy atom. The molecule has 0 radical (unpaired) electrons. The number of hydrogen-bond donors (Lipinski definition) is 1. The molecular weight excluding hydrogens is 262 g/mol. The minimum Gasteiger partial charge on any atom is -0.442 e. The van der Waals surface area contributed by atoms with Crippen molar-refractivity contribution in [3.05, 3.63) is 28.9 Å². The van der Waals surface area contributed by atoms with E-state index in [2.05, 4.69) is 29.1 Å². The molecule has 0 unspecified atom stereocenters. The highest BCUT2D eigenvalue weighted by molar-refractivity contribution is 7.16. The van der Waals surface area contributed by atoms with E-state index in [1.54, 1.807) is 18.5 Å². The molecule has 2 aromatic heterocycles. The van der Waals surface area contributed by atoms with E-state index in [-0.39, 0.29) is 5.91 Å². The number of amides is 1. The van der Waals surface area contributed by atoms with Gasteiger partial charge in [0, 0.05) is 30.0 Å². The van der Waals surface area contributed by atoms with E-state index >= 15 is 0 Å². The van der Waals surface area contributed by atoms with Crippen LogP contribution < -0.4 is 5.32 Å². The molecule has 0 atom stereocenters. The normalized spacial score (nSPS) is 11.4. The van der Waals surface area contributed by atoms with Gasteiger partial charge in [0.1, 0.15) is 5.76 Å². The Bertz CT molecular complexity index is 599. The predicted octanol–water partition coefficient (Wildman–Crippen LogP) is 3.38. The summed E-state index contributed by atoms with van der Waals surface area (Å²) in [6.07, 6.45) is 7.08. The summed E-state index contributed by atoms with van der Waals surface area (Å²) in [5.41, 5.74) is 0. The van der Waals surface area contributed by atoms with Gasteiger partial charge in [-0.05, 0) is 6.08 Å². The molecular formula is C13H15N3O2S. The Labute approximate surface area is 115 Å². The molecule has 2 aromatic rings. The lowest BCUT2D eigenvalue weighted by atomic mass is 10.2. The SMILES string of the molecule is CC(=O)Nc1ncc(C=Cc2ncc(C(C)C)o2)s1. The molecule has 2 heterocycles. The molecule has 6 heteroatoms. The molecule has 5 nitrogen and oxygen atoms in total. The third-order valence-electron chi connectivity index (χ3n) is 2.31. The van der Waals surface area contributed by atoms with E-state index in [1.165, 1.54) is 18.3 Å². The van der Waals surface area contributed by atoms with Gasteiger partial charge >= 0.3 is 0 Å². The lowest BCUT2D eigenvalue weighted by Crippen LogP contribution is -2.04. The van der Waals surface area contributed by atoms with Crippen LogP contribution in [0.5, 0.6) is 0 Å². The van der Waals surface area contributed by atoms with Gasteiger partial charge in [-0.25, -0.2) is 9.97 Å². The molecule has 0 saturated heterocycles. The Hall–Kier alpha value is -1.95. The Morgan fingerprint density at radius 1 is 1.37 bits per heavy atom. The fourth-order valence-electron chi connectivity index (χ4n) is 1.37. The van der Waals surface area contributed by atoms with E-state index in [0.717, 1.165) is 10.6 Å². The Balaban J connectivity index is 2.05. The van der Waals surface area contributed by atoms with Crippen molar-refractivity contribution in [2.24, 2.45) is 0 Å². The Morgan fingerprint density at radius 2 is 2.16 bits per heavy atom. The van der Waals surface area contributed by atoms with Crippen molar-refractivity contribution in [1.29, 1.82) is 0 Å². The van der Waals surface area contributed by atoms with Gasteiger partial charge in [0.2, 0.25) is 11.8 Å². The first kappa shape index (κ1) is 13.5. The second-order valence-corrected chi connectivity index (χ2v) is 5.40. The van der Waals surface area contributed by atoms with E-state index < -0.39 is 0 Å². The van der Waals surface area contributed by atoms with Gasteiger partial charge in [-0.15, -0.1) is 0 Å². The van der Waals surface area contributed by atoms with E-state index in [1.807, 2.05) is 6.08 Å². The van der Waals surface area contributed by atoms with Crippen molar-refractivity contribution in [2.45, 2.75) is 26.7 Å². The number of carbonyl (C=O) groups excluding carboxylic acids is 1. The summed E-state index contributed by atoms with van der Waals surface area (Å²) >= 11 is 1.39. The number of rotatable bonds is 4. The standard InChI is InChI=1S/C13H15N3O2S/c1-8(2)11-7-14-12(18-11)5-4-10-6-15-13(19-10)16-9(3)17/h4-8H,1-3H3,(H,15,16,17). The van der Waals surface area contributed by atoms with Crippen molar-refractivity contribution in [3.63, 3.8) is 0 Å². The van der Waals surface area contributed by atoms with Crippen LogP contribution in [0.2, 0.25) is 0 Å². The molecule has 0 aliphatic carbocycles. The zero-order chi connectivity index (χ0) is 13.8. The maximum absolute atomic E-state index is 10.9. The summed E-state index contributed by atoms with van der Waals surface area (Å²) in [6.45, 7) is 5.56. The van der Waals surface area contributed by atoms with Gasteiger partial charge in [-0.1, -0.05) is 25.2 Å². The summed E-state index contributed by atoms with van der Waals surface area (Å²) < 4.78 is 5.55. The van der Waals surface area contributed by atoms with Gasteiger partial charge in [0.15, 0.2) is 5.13 Å². The number of nitrogens with zero attached hydrogens (tertiary/aromatic N) is 2. The number of hydrogen-bond acceptors (Lipinski definition) is 5.